The summed E-state index contributed by atoms with van der Waals surface area (Å²) in [4.78, 5) is 23.8. The maximum Gasteiger partial charge on any atom is 0.248 e. The number of hydrogen-bond donors (Lipinski definition) is 3. The summed E-state index contributed by atoms with van der Waals surface area (Å²) in [5, 5.41) is 6.33. The Bertz CT molecular complexity index is 834. The summed E-state index contributed by atoms with van der Waals surface area (Å²) in [6.07, 6.45) is 0. The monoisotopic (exact) mass is 395 g/mol. The number of nitrogens with one attached hydrogen (secondary N) is 2. The van der Waals surface area contributed by atoms with Gasteiger partial charge in [0.25, 0.3) is 0 Å². The molecule has 0 radical (unpaired) electrons. The van der Waals surface area contributed by atoms with Crippen LogP contribution in [0.2, 0.25) is 0 Å². The topological polar surface area (TPSA) is 84.2 Å². The van der Waals surface area contributed by atoms with Crippen molar-refractivity contribution in [2.24, 2.45) is 11.7 Å². The molecule has 0 saturated heterocycles. The van der Waals surface area contributed by atoms with E-state index in [0.29, 0.717) is 17.2 Å². The van der Waals surface area contributed by atoms with Gasteiger partial charge in [-0.3, -0.25) is 14.9 Å². The molecular formula is C24H33N3O2. The normalized spacial score (nSPS) is 13.8. The quantitative estimate of drug-likeness (QED) is 0.650. The van der Waals surface area contributed by atoms with Crippen molar-refractivity contribution >= 4 is 17.5 Å². The molecule has 0 saturated carbocycles. The molecule has 0 aliphatic heterocycles. The summed E-state index contributed by atoms with van der Waals surface area (Å²) >= 11 is 0. The fraction of sp³-hybridized carbons (Fsp3) is 0.417. The number of carbonyl (C=O) groups is 2. The fourth-order valence-corrected chi connectivity index (χ4v) is 3.18. The molecule has 2 aromatic rings. The summed E-state index contributed by atoms with van der Waals surface area (Å²) < 4.78 is 0. The number of carbonyl (C=O) groups excluding carboxylic acids is 2. The van der Waals surface area contributed by atoms with E-state index in [4.69, 9.17) is 5.73 Å². The van der Waals surface area contributed by atoms with Crippen molar-refractivity contribution in [1.29, 1.82) is 0 Å². The van der Waals surface area contributed by atoms with Crippen molar-refractivity contribution in [2.75, 3.05) is 5.32 Å². The molecular weight excluding hydrogens is 362 g/mol. The molecule has 0 unspecified atom stereocenters. The van der Waals surface area contributed by atoms with Gasteiger partial charge >= 0.3 is 0 Å². The van der Waals surface area contributed by atoms with E-state index >= 15 is 0 Å². The third-order valence-electron chi connectivity index (χ3n) is 5.06. The van der Waals surface area contributed by atoms with E-state index in [9.17, 15) is 9.59 Å². The number of nitrogens with two attached hydrogens (primary N) is 1. The third kappa shape index (κ3) is 6.16. The highest BCUT2D eigenvalue weighted by atomic mass is 16.2. The first-order valence-corrected chi connectivity index (χ1v) is 10.1. The Hall–Kier alpha value is -2.66. The summed E-state index contributed by atoms with van der Waals surface area (Å²) in [7, 11) is 0. The van der Waals surface area contributed by atoms with Crippen LogP contribution in [0.15, 0.2) is 48.5 Å². The minimum absolute atomic E-state index is 0.0574. The van der Waals surface area contributed by atoms with Crippen LogP contribution in [0.4, 0.5) is 5.69 Å². The largest absolute Gasteiger partial charge is 0.366 e. The van der Waals surface area contributed by atoms with Gasteiger partial charge in [0.15, 0.2) is 0 Å². The first-order valence-electron chi connectivity index (χ1n) is 10.1. The Balaban J connectivity index is 2.07. The molecule has 0 fully saturated rings. The van der Waals surface area contributed by atoms with Crippen LogP contribution in [-0.4, -0.2) is 17.9 Å². The second-order valence-electron chi connectivity index (χ2n) is 8.91. The van der Waals surface area contributed by atoms with E-state index in [-0.39, 0.29) is 23.4 Å². The van der Waals surface area contributed by atoms with Gasteiger partial charge in [0.1, 0.15) is 0 Å². The lowest BCUT2D eigenvalue weighted by atomic mass is 9.85. The van der Waals surface area contributed by atoms with E-state index < -0.39 is 5.91 Å². The predicted molar refractivity (Wildman–Crippen MR) is 119 cm³/mol. The smallest absolute Gasteiger partial charge is 0.248 e. The molecule has 2 rings (SSSR count). The molecule has 2 atom stereocenters. The maximum absolute atomic E-state index is 12.6. The molecule has 156 valence electrons. The van der Waals surface area contributed by atoms with Crippen LogP contribution < -0.4 is 16.4 Å². The number of amides is 2. The average molecular weight is 396 g/mol. The molecule has 0 aliphatic rings. The molecule has 0 aliphatic carbocycles. The lowest BCUT2D eigenvalue weighted by Gasteiger charge is -2.27. The predicted octanol–water partition coefficient (Wildman–Crippen LogP) is 4.40. The molecule has 5 nitrogen and oxygen atoms in total. The van der Waals surface area contributed by atoms with Crippen LogP contribution in [-0.2, 0) is 10.2 Å². The van der Waals surface area contributed by atoms with Crippen LogP contribution in [0, 0.1) is 5.92 Å². The lowest BCUT2D eigenvalue weighted by Crippen LogP contribution is -2.41. The zero-order chi connectivity index (χ0) is 21.8. The molecule has 29 heavy (non-hydrogen) atoms. The first kappa shape index (κ1) is 22.6. The van der Waals surface area contributed by atoms with Gasteiger partial charge in [-0.15, -0.1) is 0 Å². The Morgan fingerprint density at radius 3 is 1.90 bits per heavy atom. The number of anilines is 1. The molecule has 0 heterocycles. The van der Waals surface area contributed by atoms with Crippen molar-refractivity contribution in [2.45, 2.75) is 59.0 Å². The number of rotatable bonds is 7. The Morgan fingerprint density at radius 2 is 1.45 bits per heavy atom. The molecule has 0 spiro atoms. The van der Waals surface area contributed by atoms with Crippen molar-refractivity contribution in [3.8, 4) is 0 Å². The Kier molecular flexibility index (Phi) is 7.20. The first-order chi connectivity index (χ1) is 13.5. The minimum Gasteiger partial charge on any atom is -0.366 e. The highest BCUT2D eigenvalue weighted by Crippen LogP contribution is 2.27. The van der Waals surface area contributed by atoms with E-state index in [1.54, 1.807) is 24.3 Å². The van der Waals surface area contributed by atoms with Crippen LogP contribution >= 0.6 is 0 Å². The second-order valence-corrected chi connectivity index (χ2v) is 8.91. The summed E-state index contributed by atoms with van der Waals surface area (Å²) in [6.45, 7) is 12.7. The lowest BCUT2D eigenvalue weighted by molar-refractivity contribution is -0.118. The van der Waals surface area contributed by atoms with Crippen molar-refractivity contribution in [1.82, 2.24) is 5.32 Å². The zero-order valence-corrected chi connectivity index (χ0v) is 18.2. The summed E-state index contributed by atoms with van der Waals surface area (Å²) in [5.74, 6) is -0.301. The van der Waals surface area contributed by atoms with Crippen LogP contribution in [0.1, 0.15) is 69.1 Å². The van der Waals surface area contributed by atoms with Crippen molar-refractivity contribution in [3.05, 3.63) is 65.2 Å². The highest BCUT2D eigenvalue weighted by Gasteiger charge is 2.23. The minimum atomic E-state index is -0.491. The van der Waals surface area contributed by atoms with Crippen molar-refractivity contribution in [3.63, 3.8) is 0 Å². The molecule has 2 aromatic carbocycles. The molecule has 0 aromatic heterocycles. The van der Waals surface area contributed by atoms with Crippen LogP contribution in [0.3, 0.4) is 0 Å². The van der Waals surface area contributed by atoms with Gasteiger partial charge in [-0.2, -0.15) is 0 Å². The Morgan fingerprint density at radius 1 is 0.897 bits per heavy atom. The van der Waals surface area contributed by atoms with Gasteiger partial charge in [0, 0.05) is 17.3 Å². The fourth-order valence-electron chi connectivity index (χ4n) is 3.18. The standard InChI is InChI=1S/C24H33N3O2/c1-15(2)21(17-7-11-19(12-8-17)24(4,5)6)26-16(3)23(29)27-20-13-9-18(10-14-20)22(25)28/h7-16,21,26H,1-6H3,(H2,25,28)(H,27,29)/t16-,21+/m0/s1. The maximum atomic E-state index is 12.6. The average Bonchev–Trinajstić information content (AvgIpc) is 2.65. The third-order valence-corrected chi connectivity index (χ3v) is 5.06. The van der Waals surface area contributed by atoms with Crippen LogP contribution in [0.25, 0.3) is 0 Å². The number of benzene rings is 2. The highest BCUT2D eigenvalue weighted by molar-refractivity contribution is 5.96. The van der Waals surface area contributed by atoms with E-state index in [0.717, 1.165) is 0 Å². The SMILES string of the molecule is CC(C)[C@@H](N[C@@H](C)C(=O)Nc1ccc(C(N)=O)cc1)c1ccc(C(C)(C)C)cc1. The van der Waals surface area contributed by atoms with Gasteiger partial charge in [-0.05, 0) is 53.6 Å². The second kappa shape index (κ2) is 9.23. The van der Waals surface area contributed by atoms with Gasteiger partial charge < -0.3 is 11.1 Å². The number of hydrogen-bond acceptors (Lipinski definition) is 3. The van der Waals surface area contributed by atoms with E-state index in [1.807, 2.05) is 6.92 Å². The van der Waals surface area contributed by atoms with Crippen molar-refractivity contribution < 1.29 is 9.59 Å². The Labute approximate surface area is 174 Å². The van der Waals surface area contributed by atoms with Gasteiger partial charge in [-0.1, -0.05) is 58.9 Å². The molecule has 5 heteroatoms. The zero-order valence-electron chi connectivity index (χ0n) is 18.2. The molecule has 4 N–H and O–H groups in total. The van der Waals surface area contributed by atoms with Gasteiger partial charge in [0.05, 0.1) is 6.04 Å². The summed E-state index contributed by atoms with van der Waals surface area (Å²) in [5.41, 5.74) is 8.85. The summed E-state index contributed by atoms with van der Waals surface area (Å²) in [6, 6.07) is 14.8. The molecule has 0 bridgehead atoms. The number of primary amides is 1. The van der Waals surface area contributed by atoms with E-state index in [1.165, 1.54) is 11.1 Å². The van der Waals surface area contributed by atoms with Gasteiger partial charge in [0.2, 0.25) is 11.8 Å². The van der Waals surface area contributed by atoms with Gasteiger partial charge in [-0.25, -0.2) is 0 Å². The van der Waals surface area contributed by atoms with Crippen LogP contribution in [0.5, 0.6) is 0 Å². The van der Waals surface area contributed by atoms with E-state index in [2.05, 4.69) is 69.5 Å². The molecule has 2 amide bonds.